The summed E-state index contributed by atoms with van der Waals surface area (Å²) in [5.41, 5.74) is 6.45. The normalized spacial score (nSPS) is 26.4. The minimum atomic E-state index is -0.0479. The lowest BCUT2D eigenvalue weighted by Gasteiger charge is -2.49. The molecular weight excluding hydrogens is 202 g/mol. The molecule has 16 heavy (non-hydrogen) atoms. The molecule has 0 radical (unpaired) electrons. The SMILES string of the molecule is CC(C)(N)CCC1(C2CCOCC2)COC1. The molecule has 2 aliphatic rings. The molecule has 0 aromatic heterocycles. The van der Waals surface area contributed by atoms with E-state index in [0.29, 0.717) is 5.41 Å². The van der Waals surface area contributed by atoms with Gasteiger partial charge in [-0.15, -0.1) is 0 Å². The van der Waals surface area contributed by atoms with Crippen molar-refractivity contribution in [2.75, 3.05) is 26.4 Å². The van der Waals surface area contributed by atoms with E-state index in [1.807, 2.05) is 0 Å². The van der Waals surface area contributed by atoms with Gasteiger partial charge in [0.25, 0.3) is 0 Å². The van der Waals surface area contributed by atoms with Crippen LogP contribution in [0.3, 0.4) is 0 Å². The molecule has 0 amide bonds. The third kappa shape index (κ3) is 2.76. The van der Waals surface area contributed by atoms with Crippen LogP contribution in [0.5, 0.6) is 0 Å². The van der Waals surface area contributed by atoms with Crippen LogP contribution in [0.2, 0.25) is 0 Å². The van der Waals surface area contributed by atoms with E-state index in [9.17, 15) is 0 Å². The fourth-order valence-electron chi connectivity index (χ4n) is 2.83. The molecule has 2 heterocycles. The van der Waals surface area contributed by atoms with Crippen molar-refractivity contribution in [2.24, 2.45) is 17.1 Å². The van der Waals surface area contributed by atoms with E-state index in [4.69, 9.17) is 15.2 Å². The second-order valence-electron chi connectivity index (χ2n) is 6.23. The fourth-order valence-corrected chi connectivity index (χ4v) is 2.83. The van der Waals surface area contributed by atoms with Gasteiger partial charge >= 0.3 is 0 Å². The van der Waals surface area contributed by atoms with Gasteiger partial charge in [-0.25, -0.2) is 0 Å². The van der Waals surface area contributed by atoms with E-state index in [1.165, 1.54) is 19.3 Å². The summed E-state index contributed by atoms with van der Waals surface area (Å²) in [6.45, 7) is 7.97. The first-order chi connectivity index (χ1) is 7.52. The molecule has 94 valence electrons. The highest BCUT2D eigenvalue weighted by atomic mass is 16.5. The standard InChI is InChI=1S/C13H25NO2/c1-12(2,14)5-6-13(9-16-10-13)11-3-7-15-8-4-11/h11H,3-10,14H2,1-2H3. The summed E-state index contributed by atoms with van der Waals surface area (Å²) in [5.74, 6) is 0.789. The van der Waals surface area contributed by atoms with Crippen molar-refractivity contribution < 1.29 is 9.47 Å². The van der Waals surface area contributed by atoms with Crippen LogP contribution < -0.4 is 5.73 Å². The summed E-state index contributed by atoms with van der Waals surface area (Å²) >= 11 is 0. The predicted octanol–water partition coefficient (Wildman–Crippen LogP) is 1.95. The Balaban J connectivity index is 1.90. The van der Waals surface area contributed by atoms with Crippen LogP contribution in [0.4, 0.5) is 0 Å². The second kappa shape index (κ2) is 4.63. The average Bonchev–Trinajstić information content (AvgIpc) is 2.16. The van der Waals surface area contributed by atoms with Gasteiger partial charge < -0.3 is 15.2 Å². The van der Waals surface area contributed by atoms with E-state index in [2.05, 4.69) is 13.8 Å². The molecule has 0 atom stereocenters. The maximum absolute atomic E-state index is 6.09. The Morgan fingerprint density at radius 1 is 1.19 bits per heavy atom. The van der Waals surface area contributed by atoms with Crippen LogP contribution in [0.1, 0.15) is 39.5 Å². The molecule has 2 N–H and O–H groups in total. The van der Waals surface area contributed by atoms with E-state index in [1.54, 1.807) is 0 Å². The fraction of sp³-hybridized carbons (Fsp3) is 1.00. The lowest BCUT2D eigenvalue weighted by atomic mass is 9.66. The number of rotatable bonds is 4. The van der Waals surface area contributed by atoms with Gasteiger partial charge in [0.1, 0.15) is 0 Å². The monoisotopic (exact) mass is 227 g/mol. The minimum absolute atomic E-state index is 0.0479. The Bertz CT molecular complexity index is 225. The van der Waals surface area contributed by atoms with Gasteiger partial charge in [0.05, 0.1) is 13.2 Å². The molecule has 2 saturated heterocycles. The zero-order valence-corrected chi connectivity index (χ0v) is 10.6. The average molecular weight is 227 g/mol. The van der Waals surface area contributed by atoms with Gasteiger partial charge in [-0.3, -0.25) is 0 Å². The molecule has 3 heteroatoms. The Morgan fingerprint density at radius 3 is 2.25 bits per heavy atom. The molecule has 0 aliphatic carbocycles. The second-order valence-corrected chi connectivity index (χ2v) is 6.23. The van der Waals surface area contributed by atoms with Crippen LogP contribution in [-0.2, 0) is 9.47 Å². The first kappa shape index (κ1) is 12.3. The van der Waals surface area contributed by atoms with Gasteiger partial charge in [-0.1, -0.05) is 0 Å². The van der Waals surface area contributed by atoms with E-state index in [0.717, 1.165) is 38.8 Å². The number of ether oxygens (including phenoxy) is 2. The van der Waals surface area contributed by atoms with Crippen molar-refractivity contribution in [1.82, 2.24) is 0 Å². The highest BCUT2D eigenvalue weighted by Gasteiger charge is 2.45. The van der Waals surface area contributed by atoms with Crippen molar-refractivity contribution in [2.45, 2.75) is 45.1 Å². The molecule has 0 spiro atoms. The van der Waals surface area contributed by atoms with Gasteiger partial charge in [0.2, 0.25) is 0 Å². The topological polar surface area (TPSA) is 44.5 Å². The molecule has 0 unspecified atom stereocenters. The molecule has 0 saturated carbocycles. The molecule has 0 aromatic carbocycles. The van der Waals surface area contributed by atoms with Crippen molar-refractivity contribution in [3.8, 4) is 0 Å². The van der Waals surface area contributed by atoms with Crippen LogP contribution in [0.15, 0.2) is 0 Å². The Labute approximate surface area is 98.7 Å². The van der Waals surface area contributed by atoms with Crippen LogP contribution in [0, 0.1) is 11.3 Å². The lowest BCUT2D eigenvalue weighted by Crippen LogP contribution is -2.51. The molecule has 2 rings (SSSR count). The predicted molar refractivity (Wildman–Crippen MR) is 64.3 cm³/mol. The highest BCUT2D eigenvalue weighted by molar-refractivity contribution is 4.94. The van der Waals surface area contributed by atoms with Gasteiger partial charge in [0.15, 0.2) is 0 Å². The first-order valence-corrected chi connectivity index (χ1v) is 6.46. The van der Waals surface area contributed by atoms with Gasteiger partial charge in [-0.05, 0) is 45.4 Å². The van der Waals surface area contributed by atoms with Gasteiger partial charge in [-0.2, -0.15) is 0 Å². The lowest BCUT2D eigenvalue weighted by molar-refractivity contribution is -0.168. The maximum Gasteiger partial charge on any atom is 0.0547 e. The van der Waals surface area contributed by atoms with Gasteiger partial charge in [0, 0.05) is 24.2 Å². The van der Waals surface area contributed by atoms with Crippen molar-refractivity contribution in [3.63, 3.8) is 0 Å². The molecule has 0 bridgehead atoms. The highest BCUT2D eigenvalue weighted by Crippen LogP contribution is 2.45. The zero-order valence-electron chi connectivity index (χ0n) is 10.6. The third-order valence-corrected chi connectivity index (χ3v) is 4.13. The zero-order chi connectivity index (χ0) is 11.6. The summed E-state index contributed by atoms with van der Waals surface area (Å²) in [6, 6.07) is 0. The third-order valence-electron chi connectivity index (χ3n) is 4.13. The summed E-state index contributed by atoms with van der Waals surface area (Å²) in [5, 5.41) is 0. The smallest absolute Gasteiger partial charge is 0.0547 e. The quantitative estimate of drug-likeness (QED) is 0.798. The molecule has 2 aliphatic heterocycles. The first-order valence-electron chi connectivity index (χ1n) is 6.46. The number of nitrogens with two attached hydrogens (primary N) is 1. The van der Waals surface area contributed by atoms with Crippen molar-refractivity contribution >= 4 is 0 Å². The van der Waals surface area contributed by atoms with Crippen LogP contribution in [-0.4, -0.2) is 32.0 Å². The molecular formula is C13H25NO2. The summed E-state index contributed by atoms with van der Waals surface area (Å²) in [7, 11) is 0. The van der Waals surface area contributed by atoms with E-state index < -0.39 is 0 Å². The Morgan fingerprint density at radius 2 is 1.81 bits per heavy atom. The molecule has 2 fully saturated rings. The molecule has 0 aromatic rings. The van der Waals surface area contributed by atoms with Crippen molar-refractivity contribution in [3.05, 3.63) is 0 Å². The van der Waals surface area contributed by atoms with Crippen LogP contribution in [0.25, 0.3) is 0 Å². The summed E-state index contributed by atoms with van der Waals surface area (Å²) < 4.78 is 10.9. The molecule has 3 nitrogen and oxygen atoms in total. The summed E-state index contributed by atoms with van der Waals surface area (Å²) in [6.07, 6.45) is 4.71. The Kier molecular flexibility index (Phi) is 3.57. The summed E-state index contributed by atoms with van der Waals surface area (Å²) in [4.78, 5) is 0. The van der Waals surface area contributed by atoms with Crippen LogP contribution >= 0.6 is 0 Å². The number of hydrogen-bond donors (Lipinski definition) is 1. The largest absolute Gasteiger partial charge is 0.381 e. The minimum Gasteiger partial charge on any atom is -0.381 e. The van der Waals surface area contributed by atoms with E-state index >= 15 is 0 Å². The van der Waals surface area contributed by atoms with E-state index in [-0.39, 0.29) is 5.54 Å². The van der Waals surface area contributed by atoms with Crippen molar-refractivity contribution in [1.29, 1.82) is 0 Å². The number of hydrogen-bond acceptors (Lipinski definition) is 3. The maximum atomic E-state index is 6.09. The Hall–Kier alpha value is -0.120.